The van der Waals surface area contributed by atoms with E-state index in [4.69, 9.17) is 23.2 Å². The highest BCUT2D eigenvalue weighted by molar-refractivity contribution is 6.33. The lowest BCUT2D eigenvalue weighted by atomic mass is 10.0. The summed E-state index contributed by atoms with van der Waals surface area (Å²) in [6.45, 7) is 3.79. The van der Waals surface area contributed by atoms with Crippen molar-refractivity contribution < 1.29 is 4.39 Å². The van der Waals surface area contributed by atoms with Gasteiger partial charge in [-0.2, -0.15) is 4.68 Å². The van der Waals surface area contributed by atoms with Crippen LogP contribution >= 0.6 is 23.2 Å². The molecule has 0 spiro atoms. The standard InChI is InChI=1S/C18H12Cl2FN5/c1-9-3-4-12(13(20)5-9)16-10(2)22-8-23-18(16)26-17-14(21)6-11(19)7-15(17)24-25-26/h3-8H,1-2H3. The molecule has 0 aliphatic carbocycles. The van der Waals surface area contributed by atoms with E-state index in [1.54, 1.807) is 6.07 Å². The van der Waals surface area contributed by atoms with E-state index in [2.05, 4.69) is 20.3 Å². The fourth-order valence-corrected chi connectivity index (χ4v) is 3.41. The molecule has 130 valence electrons. The summed E-state index contributed by atoms with van der Waals surface area (Å²) in [7, 11) is 0. The number of benzene rings is 2. The summed E-state index contributed by atoms with van der Waals surface area (Å²) in [5, 5.41) is 8.89. The van der Waals surface area contributed by atoms with E-state index in [-0.39, 0.29) is 10.5 Å². The molecule has 8 heteroatoms. The fourth-order valence-electron chi connectivity index (χ4n) is 2.88. The Labute approximate surface area is 158 Å². The van der Waals surface area contributed by atoms with Crippen LogP contribution in [0.5, 0.6) is 0 Å². The van der Waals surface area contributed by atoms with Crippen molar-refractivity contribution in [3.63, 3.8) is 0 Å². The molecule has 26 heavy (non-hydrogen) atoms. The van der Waals surface area contributed by atoms with Crippen molar-refractivity contribution in [2.24, 2.45) is 0 Å². The quantitative estimate of drug-likeness (QED) is 0.488. The second-order valence-corrected chi connectivity index (χ2v) is 6.74. The van der Waals surface area contributed by atoms with E-state index in [1.807, 2.05) is 32.0 Å². The SMILES string of the molecule is Cc1ccc(-c2c(C)ncnc2-n2nnc3cc(Cl)cc(F)c32)c(Cl)c1. The molecule has 0 bridgehead atoms. The van der Waals surface area contributed by atoms with Crippen LogP contribution in [0.25, 0.3) is 28.0 Å². The second-order valence-electron chi connectivity index (χ2n) is 5.90. The molecule has 5 nitrogen and oxygen atoms in total. The molecule has 0 N–H and O–H groups in total. The molecule has 4 aromatic rings. The number of fused-ring (bicyclic) bond motifs is 1. The predicted octanol–water partition coefficient (Wildman–Crippen LogP) is 4.94. The first-order valence-corrected chi connectivity index (χ1v) is 8.50. The average Bonchev–Trinajstić information content (AvgIpc) is 2.99. The summed E-state index contributed by atoms with van der Waals surface area (Å²) in [6, 6.07) is 8.45. The first kappa shape index (κ1) is 16.9. The third kappa shape index (κ3) is 2.71. The summed E-state index contributed by atoms with van der Waals surface area (Å²) < 4.78 is 15.9. The molecule has 0 aliphatic rings. The normalized spacial score (nSPS) is 11.3. The van der Waals surface area contributed by atoms with Crippen LogP contribution in [0, 0.1) is 19.7 Å². The largest absolute Gasteiger partial charge is 0.241 e. The average molecular weight is 388 g/mol. The van der Waals surface area contributed by atoms with E-state index < -0.39 is 5.82 Å². The molecule has 2 heterocycles. The number of aromatic nitrogens is 5. The molecular weight excluding hydrogens is 376 g/mol. The van der Waals surface area contributed by atoms with Crippen molar-refractivity contribution in [2.45, 2.75) is 13.8 Å². The van der Waals surface area contributed by atoms with Gasteiger partial charge in [-0.25, -0.2) is 14.4 Å². The molecule has 0 radical (unpaired) electrons. The molecule has 0 aliphatic heterocycles. The molecule has 0 unspecified atom stereocenters. The van der Waals surface area contributed by atoms with Gasteiger partial charge in [-0.3, -0.25) is 0 Å². The smallest absolute Gasteiger partial charge is 0.167 e. The van der Waals surface area contributed by atoms with Crippen molar-refractivity contribution in [3.8, 4) is 16.9 Å². The Bertz CT molecular complexity index is 1160. The molecule has 2 aromatic carbocycles. The maximum atomic E-state index is 14.5. The van der Waals surface area contributed by atoms with E-state index in [0.717, 1.165) is 11.1 Å². The Kier molecular flexibility index (Phi) is 4.09. The number of halogens is 3. The Morgan fingerprint density at radius 2 is 1.85 bits per heavy atom. The maximum Gasteiger partial charge on any atom is 0.167 e. The van der Waals surface area contributed by atoms with Crippen LogP contribution in [-0.4, -0.2) is 25.0 Å². The van der Waals surface area contributed by atoms with Gasteiger partial charge in [-0.05, 0) is 37.6 Å². The summed E-state index contributed by atoms with van der Waals surface area (Å²) in [5.74, 6) is -0.137. The van der Waals surface area contributed by atoms with Crippen LogP contribution in [0.3, 0.4) is 0 Å². The van der Waals surface area contributed by atoms with Crippen molar-refractivity contribution in [2.75, 3.05) is 0 Å². The summed E-state index contributed by atoms with van der Waals surface area (Å²) in [6.07, 6.45) is 1.40. The van der Waals surface area contributed by atoms with E-state index >= 15 is 0 Å². The third-order valence-corrected chi connectivity index (χ3v) is 4.60. The zero-order valence-corrected chi connectivity index (χ0v) is 15.3. The maximum absolute atomic E-state index is 14.5. The molecule has 4 rings (SSSR count). The minimum Gasteiger partial charge on any atom is -0.241 e. The lowest BCUT2D eigenvalue weighted by Crippen LogP contribution is -2.06. The molecule has 0 atom stereocenters. The van der Waals surface area contributed by atoms with Gasteiger partial charge in [0.1, 0.15) is 17.4 Å². The van der Waals surface area contributed by atoms with Crippen molar-refractivity contribution >= 4 is 34.2 Å². The molecular formula is C18H12Cl2FN5. The van der Waals surface area contributed by atoms with Crippen LogP contribution in [-0.2, 0) is 0 Å². The van der Waals surface area contributed by atoms with Crippen LogP contribution < -0.4 is 0 Å². The van der Waals surface area contributed by atoms with Crippen LogP contribution in [0.15, 0.2) is 36.7 Å². The topological polar surface area (TPSA) is 56.5 Å². The zero-order chi connectivity index (χ0) is 18.4. The monoisotopic (exact) mass is 387 g/mol. The highest BCUT2D eigenvalue weighted by atomic mass is 35.5. The van der Waals surface area contributed by atoms with Gasteiger partial charge < -0.3 is 0 Å². The first-order chi connectivity index (χ1) is 12.5. The Morgan fingerprint density at radius 3 is 2.62 bits per heavy atom. The van der Waals surface area contributed by atoms with Crippen molar-refractivity contribution in [1.29, 1.82) is 0 Å². The molecule has 0 amide bonds. The number of rotatable bonds is 2. The number of hydrogen-bond donors (Lipinski definition) is 0. The van der Waals surface area contributed by atoms with Gasteiger partial charge in [0.05, 0.1) is 5.69 Å². The predicted molar refractivity (Wildman–Crippen MR) is 99.3 cm³/mol. The highest BCUT2D eigenvalue weighted by Crippen LogP contribution is 2.35. The van der Waals surface area contributed by atoms with Gasteiger partial charge in [0.15, 0.2) is 11.6 Å². The Hall–Kier alpha value is -2.57. The van der Waals surface area contributed by atoms with Gasteiger partial charge >= 0.3 is 0 Å². The van der Waals surface area contributed by atoms with Gasteiger partial charge in [0, 0.05) is 21.2 Å². The Balaban J connectivity index is 2.04. The first-order valence-electron chi connectivity index (χ1n) is 7.74. The zero-order valence-electron chi connectivity index (χ0n) is 13.8. The van der Waals surface area contributed by atoms with Gasteiger partial charge in [0.2, 0.25) is 0 Å². The minimum absolute atomic E-state index is 0.192. The summed E-state index contributed by atoms with van der Waals surface area (Å²) in [4.78, 5) is 8.59. The van der Waals surface area contributed by atoms with Crippen LogP contribution in [0.1, 0.15) is 11.3 Å². The summed E-state index contributed by atoms with van der Waals surface area (Å²) >= 11 is 12.4. The van der Waals surface area contributed by atoms with Crippen LogP contribution in [0.4, 0.5) is 4.39 Å². The van der Waals surface area contributed by atoms with Gasteiger partial charge in [-0.1, -0.05) is 40.5 Å². The Morgan fingerprint density at radius 1 is 1.04 bits per heavy atom. The molecule has 0 fully saturated rings. The minimum atomic E-state index is -0.533. The number of aryl methyl sites for hydroxylation is 2. The lowest BCUT2D eigenvalue weighted by Gasteiger charge is -2.13. The van der Waals surface area contributed by atoms with Crippen molar-refractivity contribution in [1.82, 2.24) is 25.0 Å². The van der Waals surface area contributed by atoms with Gasteiger partial charge in [0.25, 0.3) is 0 Å². The number of nitrogens with zero attached hydrogens (tertiary/aromatic N) is 5. The van der Waals surface area contributed by atoms with E-state index in [9.17, 15) is 4.39 Å². The van der Waals surface area contributed by atoms with E-state index in [0.29, 0.717) is 27.6 Å². The molecule has 0 saturated carbocycles. The molecule has 2 aromatic heterocycles. The van der Waals surface area contributed by atoms with Crippen molar-refractivity contribution in [3.05, 3.63) is 63.8 Å². The van der Waals surface area contributed by atoms with E-state index in [1.165, 1.54) is 17.1 Å². The molecule has 0 saturated heterocycles. The number of hydrogen-bond acceptors (Lipinski definition) is 4. The lowest BCUT2D eigenvalue weighted by molar-refractivity contribution is 0.630. The second kappa shape index (κ2) is 6.30. The highest BCUT2D eigenvalue weighted by Gasteiger charge is 2.20. The third-order valence-electron chi connectivity index (χ3n) is 4.07. The van der Waals surface area contributed by atoms with Gasteiger partial charge in [-0.15, -0.1) is 5.10 Å². The fraction of sp³-hybridized carbons (Fsp3) is 0.111. The van der Waals surface area contributed by atoms with Crippen LogP contribution in [0.2, 0.25) is 10.0 Å². The summed E-state index contributed by atoms with van der Waals surface area (Å²) in [5.41, 5.74) is 3.66.